The van der Waals surface area contributed by atoms with Crippen LogP contribution in [0.4, 0.5) is 0 Å². The first-order chi connectivity index (χ1) is 14.2. The van der Waals surface area contributed by atoms with Crippen LogP contribution in [0, 0.1) is 11.8 Å². The molecule has 2 rings (SSSR count). The average molecular weight is 409 g/mol. The fraction of sp³-hybridized carbons (Fsp3) is 0.304. The van der Waals surface area contributed by atoms with Crippen molar-refractivity contribution in [2.75, 3.05) is 6.54 Å². The Balaban J connectivity index is 1.99. The topological polar surface area (TPSA) is 116 Å². The summed E-state index contributed by atoms with van der Waals surface area (Å²) >= 11 is 0. The van der Waals surface area contributed by atoms with Gasteiger partial charge in [0.25, 0.3) is 11.8 Å². The Bertz CT molecular complexity index is 920. The van der Waals surface area contributed by atoms with E-state index in [0.717, 1.165) is 17.7 Å². The predicted molar refractivity (Wildman–Crippen MR) is 116 cm³/mol. The second-order valence-corrected chi connectivity index (χ2v) is 7.87. The van der Waals surface area contributed by atoms with E-state index in [2.05, 4.69) is 43.2 Å². The smallest absolute Gasteiger partial charge is 0.267 e. The molecular weight excluding hydrogens is 380 g/mol. The molecule has 0 aromatic heterocycles. The Hall–Kier alpha value is -3.18. The van der Waals surface area contributed by atoms with Crippen LogP contribution in [0.25, 0.3) is 0 Å². The predicted octanol–water partition coefficient (Wildman–Crippen LogP) is 1.54. The fourth-order valence-electron chi connectivity index (χ4n) is 2.47. The number of nitrogens with one attached hydrogen (secondary N) is 3. The molecule has 30 heavy (non-hydrogen) atoms. The Morgan fingerprint density at radius 3 is 2.00 bits per heavy atom. The number of carbonyl (C=O) groups excluding carboxylic acids is 2. The van der Waals surface area contributed by atoms with Crippen molar-refractivity contribution in [2.45, 2.75) is 38.9 Å². The Morgan fingerprint density at radius 1 is 1.00 bits per heavy atom. The summed E-state index contributed by atoms with van der Waals surface area (Å²) in [5.41, 5.74) is 10.2. The van der Waals surface area contributed by atoms with Crippen LogP contribution in [0.3, 0.4) is 0 Å². The number of carbonyl (C=O) groups is 2. The van der Waals surface area contributed by atoms with Gasteiger partial charge in [0.2, 0.25) is 0 Å². The number of amides is 2. The molecule has 0 saturated heterocycles. The highest BCUT2D eigenvalue weighted by Gasteiger charge is 2.19. The molecule has 0 aliphatic heterocycles. The zero-order chi connectivity index (χ0) is 22.1. The van der Waals surface area contributed by atoms with E-state index in [1.807, 2.05) is 24.3 Å². The van der Waals surface area contributed by atoms with Gasteiger partial charge in [0.1, 0.15) is 6.04 Å². The molecule has 2 amide bonds. The van der Waals surface area contributed by atoms with Gasteiger partial charge in [-0.1, -0.05) is 24.0 Å². The van der Waals surface area contributed by atoms with E-state index < -0.39 is 17.9 Å². The quantitative estimate of drug-likeness (QED) is 0.282. The van der Waals surface area contributed by atoms with Gasteiger partial charge in [-0.3, -0.25) is 14.8 Å². The van der Waals surface area contributed by atoms with Crippen LogP contribution in [0.2, 0.25) is 0 Å². The highest BCUT2D eigenvalue weighted by atomic mass is 16.5. The molecule has 1 atom stereocenters. The van der Waals surface area contributed by atoms with Crippen molar-refractivity contribution in [1.82, 2.24) is 16.1 Å². The summed E-state index contributed by atoms with van der Waals surface area (Å²) < 4.78 is 0. The van der Waals surface area contributed by atoms with Gasteiger partial charge in [0, 0.05) is 35.3 Å². The van der Waals surface area contributed by atoms with Crippen molar-refractivity contribution in [1.29, 1.82) is 0 Å². The first-order valence-corrected chi connectivity index (χ1v) is 9.63. The lowest BCUT2D eigenvalue weighted by atomic mass is 10.1. The van der Waals surface area contributed by atoms with Gasteiger partial charge in [0.05, 0.1) is 0 Å². The Morgan fingerprint density at radius 2 is 1.53 bits per heavy atom. The van der Waals surface area contributed by atoms with Crippen LogP contribution < -0.4 is 21.8 Å². The molecule has 0 aliphatic carbocycles. The molecule has 7 nitrogen and oxygen atoms in total. The number of rotatable bonds is 6. The summed E-state index contributed by atoms with van der Waals surface area (Å²) in [5.74, 6) is 4.94. The molecule has 0 spiro atoms. The van der Waals surface area contributed by atoms with Gasteiger partial charge in [-0.2, -0.15) is 0 Å². The van der Waals surface area contributed by atoms with Crippen molar-refractivity contribution in [3.8, 4) is 11.8 Å². The Labute approximate surface area is 177 Å². The maximum absolute atomic E-state index is 12.2. The van der Waals surface area contributed by atoms with Gasteiger partial charge < -0.3 is 16.4 Å². The monoisotopic (exact) mass is 408 g/mol. The number of hydrogen-bond donors (Lipinski definition) is 5. The normalized spacial score (nSPS) is 11.8. The van der Waals surface area contributed by atoms with Gasteiger partial charge in [-0.15, -0.1) is 0 Å². The summed E-state index contributed by atoms with van der Waals surface area (Å²) in [6, 6.07) is 13.7. The van der Waals surface area contributed by atoms with Crippen molar-refractivity contribution in [2.24, 2.45) is 5.73 Å². The molecule has 0 saturated carbocycles. The first kappa shape index (κ1) is 23.1. The van der Waals surface area contributed by atoms with Crippen LogP contribution in [0.1, 0.15) is 47.8 Å². The van der Waals surface area contributed by atoms with Crippen molar-refractivity contribution < 1.29 is 14.8 Å². The summed E-state index contributed by atoms with van der Waals surface area (Å²) in [5, 5.41) is 14.6. The Kier molecular flexibility index (Phi) is 8.13. The average Bonchev–Trinajstić information content (AvgIpc) is 2.74. The van der Waals surface area contributed by atoms with Crippen LogP contribution in [0.15, 0.2) is 48.5 Å². The van der Waals surface area contributed by atoms with E-state index in [9.17, 15) is 9.59 Å². The molecule has 2 aromatic rings. The van der Waals surface area contributed by atoms with Gasteiger partial charge in [-0.25, -0.2) is 5.48 Å². The SMILES string of the molecule is CC(C)(C)NCc1ccc(C#Cc2ccc(C(=O)N[C@@H](CN)C(=O)NO)cc2)cc1. The summed E-state index contributed by atoms with van der Waals surface area (Å²) in [6.07, 6.45) is 0. The lowest BCUT2D eigenvalue weighted by Gasteiger charge is -2.20. The number of benzene rings is 2. The summed E-state index contributed by atoms with van der Waals surface area (Å²) in [4.78, 5) is 23.6. The second kappa shape index (κ2) is 10.6. The lowest BCUT2D eigenvalue weighted by molar-refractivity contribution is -0.130. The van der Waals surface area contributed by atoms with Crippen molar-refractivity contribution >= 4 is 11.8 Å². The van der Waals surface area contributed by atoms with Gasteiger partial charge in [-0.05, 0) is 62.7 Å². The van der Waals surface area contributed by atoms with Gasteiger partial charge >= 0.3 is 0 Å². The van der Waals surface area contributed by atoms with E-state index in [0.29, 0.717) is 5.56 Å². The number of hydrogen-bond acceptors (Lipinski definition) is 5. The van der Waals surface area contributed by atoms with Crippen LogP contribution in [0.5, 0.6) is 0 Å². The molecule has 0 radical (unpaired) electrons. The molecule has 158 valence electrons. The summed E-state index contributed by atoms with van der Waals surface area (Å²) in [6.45, 7) is 7.05. The van der Waals surface area contributed by atoms with Crippen molar-refractivity contribution in [3.05, 3.63) is 70.8 Å². The van der Waals surface area contributed by atoms with Crippen LogP contribution in [-0.4, -0.2) is 35.1 Å². The molecule has 6 N–H and O–H groups in total. The fourth-order valence-corrected chi connectivity index (χ4v) is 2.47. The zero-order valence-corrected chi connectivity index (χ0v) is 17.5. The van der Waals surface area contributed by atoms with E-state index in [4.69, 9.17) is 10.9 Å². The molecule has 0 fully saturated rings. The second-order valence-electron chi connectivity index (χ2n) is 7.87. The van der Waals surface area contributed by atoms with E-state index >= 15 is 0 Å². The third kappa shape index (κ3) is 7.33. The van der Waals surface area contributed by atoms with Gasteiger partial charge in [0.15, 0.2) is 0 Å². The van der Waals surface area contributed by atoms with Crippen LogP contribution >= 0.6 is 0 Å². The zero-order valence-electron chi connectivity index (χ0n) is 17.5. The highest BCUT2D eigenvalue weighted by Crippen LogP contribution is 2.08. The molecule has 0 unspecified atom stereocenters. The number of nitrogens with two attached hydrogens (primary N) is 1. The van der Waals surface area contributed by atoms with Crippen LogP contribution in [-0.2, 0) is 11.3 Å². The molecule has 0 bridgehead atoms. The highest BCUT2D eigenvalue weighted by molar-refractivity contribution is 5.97. The molecule has 0 heterocycles. The standard InChI is InChI=1S/C23H28N4O3/c1-23(2,3)25-15-18-8-6-16(7-9-18)4-5-17-10-12-19(13-11-17)21(28)26-20(14-24)22(29)27-30/h6-13,20,25,30H,14-15,24H2,1-3H3,(H,26,28)(H,27,29)/t20-/m0/s1. The molecule has 7 heteroatoms. The minimum absolute atomic E-state index is 0.0675. The molecule has 2 aromatic carbocycles. The first-order valence-electron chi connectivity index (χ1n) is 9.63. The maximum atomic E-state index is 12.2. The molecular formula is C23H28N4O3. The third-order valence-electron chi connectivity index (χ3n) is 4.24. The van der Waals surface area contributed by atoms with Crippen molar-refractivity contribution in [3.63, 3.8) is 0 Å². The lowest BCUT2D eigenvalue weighted by Crippen LogP contribution is -2.50. The maximum Gasteiger partial charge on any atom is 0.267 e. The van der Waals surface area contributed by atoms with E-state index in [1.165, 1.54) is 11.0 Å². The molecule has 0 aliphatic rings. The minimum atomic E-state index is -1.01. The van der Waals surface area contributed by atoms with E-state index in [-0.39, 0.29) is 12.1 Å². The number of hydroxylamine groups is 1. The minimum Gasteiger partial charge on any atom is -0.339 e. The largest absolute Gasteiger partial charge is 0.339 e. The summed E-state index contributed by atoms with van der Waals surface area (Å²) in [7, 11) is 0. The van der Waals surface area contributed by atoms with E-state index in [1.54, 1.807) is 24.3 Å². The third-order valence-corrected chi connectivity index (χ3v) is 4.24.